The first-order valence-electron chi connectivity index (χ1n) is 7.35. The topological polar surface area (TPSA) is 58.4 Å². The third-order valence-electron chi connectivity index (χ3n) is 4.02. The molecule has 0 bridgehead atoms. The molecule has 21 heavy (non-hydrogen) atoms. The number of halogens is 1. The minimum atomic E-state index is -0.441. The van der Waals surface area contributed by atoms with Crippen molar-refractivity contribution in [3.8, 4) is 0 Å². The molecule has 0 aromatic heterocycles. The number of hydrogen-bond acceptors (Lipinski definition) is 4. The molecule has 1 heterocycles. The molecule has 6 heteroatoms. The van der Waals surface area contributed by atoms with E-state index >= 15 is 0 Å². The third kappa shape index (κ3) is 4.40. The molecular weight excluding hydrogens is 290 g/mol. The Morgan fingerprint density at radius 1 is 1.52 bits per heavy atom. The molecule has 0 spiro atoms. The van der Waals surface area contributed by atoms with Crippen molar-refractivity contribution in [3.05, 3.63) is 38.9 Å². The van der Waals surface area contributed by atoms with Gasteiger partial charge in [-0.25, -0.2) is 0 Å². The van der Waals surface area contributed by atoms with Crippen LogP contribution in [0.5, 0.6) is 0 Å². The van der Waals surface area contributed by atoms with E-state index in [4.69, 9.17) is 11.6 Å². The lowest BCUT2D eigenvalue weighted by atomic mass is 10.1. The van der Waals surface area contributed by atoms with Gasteiger partial charge in [0.2, 0.25) is 0 Å². The fourth-order valence-corrected chi connectivity index (χ4v) is 2.91. The highest BCUT2D eigenvalue weighted by Crippen LogP contribution is 2.25. The predicted molar refractivity (Wildman–Crippen MR) is 84.6 cm³/mol. The maximum atomic E-state index is 10.9. The summed E-state index contributed by atoms with van der Waals surface area (Å²) in [6.45, 7) is 8.32. The highest BCUT2D eigenvalue weighted by molar-refractivity contribution is 6.32. The van der Waals surface area contributed by atoms with Crippen LogP contribution in [-0.2, 0) is 6.54 Å². The number of hydrogen-bond donors (Lipinski definition) is 1. The summed E-state index contributed by atoms with van der Waals surface area (Å²) in [5.41, 5.74) is 0.868. The standard InChI is InChI=1S/C15H22ClN3O2/c1-11(2)18-6-5-13(10-18)9-17-8-12-3-4-14(16)15(7-12)19(20)21/h3-4,7,11,13,17H,5-6,8-10H2,1-2H3. The maximum Gasteiger partial charge on any atom is 0.288 e. The highest BCUT2D eigenvalue weighted by Gasteiger charge is 2.23. The highest BCUT2D eigenvalue weighted by atomic mass is 35.5. The molecule has 0 amide bonds. The number of rotatable bonds is 6. The number of nitro groups is 1. The van der Waals surface area contributed by atoms with E-state index in [-0.39, 0.29) is 10.7 Å². The molecule has 0 aliphatic carbocycles. The lowest BCUT2D eigenvalue weighted by Crippen LogP contribution is -2.30. The molecule has 116 valence electrons. The number of nitrogens with one attached hydrogen (secondary N) is 1. The van der Waals surface area contributed by atoms with E-state index in [0.29, 0.717) is 18.5 Å². The SMILES string of the molecule is CC(C)N1CCC(CNCc2ccc(Cl)c([N+](=O)[O-])c2)C1. The number of benzene rings is 1. The summed E-state index contributed by atoms with van der Waals surface area (Å²) in [7, 11) is 0. The Morgan fingerprint density at radius 2 is 2.29 bits per heavy atom. The summed E-state index contributed by atoms with van der Waals surface area (Å²) in [4.78, 5) is 12.9. The molecule has 0 saturated carbocycles. The van der Waals surface area contributed by atoms with Gasteiger partial charge in [-0.3, -0.25) is 10.1 Å². The van der Waals surface area contributed by atoms with Crippen LogP contribution in [0.15, 0.2) is 18.2 Å². The monoisotopic (exact) mass is 311 g/mol. The molecule has 0 radical (unpaired) electrons. The Hall–Kier alpha value is -1.17. The normalized spacial score (nSPS) is 19.3. The zero-order valence-electron chi connectivity index (χ0n) is 12.5. The zero-order chi connectivity index (χ0) is 15.4. The second-order valence-corrected chi connectivity index (χ2v) is 6.32. The van der Waals surface area contributed by atoms with Crippen molar-refractivity contribution in [2.24, 2.45) is 5.92 Å². The van der Waals surface area contributed by atoms with Crippen LogP contribution < -0.4 is 5.32 Å². The Bertz CT molecular complexity index is 508. The minimum absolute atomic E-state index is 0.0252. The van der Waals surface area contributed by atoms with Crippen molar-refractivity contribution in [2.45, 2.75) is 32.9 Å². The van der Waals surface area contributed by atoms with Crippen molar-refractivity contribution in [2.75, 3.05) is 19.6 Å². The summed E-state index contributed by atoms with van der Waals surface area (Å²) in [5.74, 6) is 0.662. The predicted octanol–water partition coefficient (Wildman–Crippen LogP) is 3.07. The van der Waals surface area contributed by atoms with Crippen LogP contribution in [0.25, 0.3) is 0 Å². The van der Waals surface area contributed by atoms with Gasteiger partial charge in [-0.15, -0.1) is 0 Å². The Labute approximate surface area is 130 Å². The number of nitro benzene ring substituents is 1. The molecule has 1 saturated heterocycles. The third-order valence-corrected chi connectivity index (χ3v) is 4.34. The van der Waals surface area contributed by atoms with Crippen molar-refractivity contribution in [3.63, 3.8) is 0 Å². The van der Waals surface area contributed by atoms with E-state index in [1.807, 2.05) is 6.07 Å². The number of likely N-dealkylation sites (tertiary alicyclic amines) is 1. The Kier molecular flexibility index (Phi) is 5.56. The van der Waals surface area contributed by atoms with Crippen LogP contribution in [0, 0.1) is 16.0 Å². The van der Waals surface area contributed by atoms with Crippen LogP contribution in [-0.4, -0.2) is 35.5 Å². The van der Waals surface area contributed by atoms with Gasteiger partial charge in [-0.05, 0) is 50.9 Å². The molecule has 1 fully saturated rings. The smallest absolute Gasteiger partial charge is 0.288 e. The van der Waals surface area contributed by atoms with Gasteiger partial charge in [-0.2, -0.15) is 0 Å². The molecule has 1 aliphatic rings. The van der Waals surface area contributed by atoms with Gasteiger partial charge in [-0.1, -0.05) is 17.7 Å². The van der Waals surface area contributed by atoms with E-state index in [0.717, 1.165) is 25.2 Å². The van der Waals surface area contributed by atoms with Gasteiger partial charge in [0.15, 0.2) is 0 Å². The summed E-state index contributed by atoms with van der Waals surface area (Å²) in [5, 5.41) is 14.4. The zero-order valence-corrected chi connectivity index (χ0v) is 13.3. The summed E-state index contributed by atoms with van der Waals surface area (Å²) < 4.78 is 0. The van der Waals surface area contributed by atoms with Gasteiger partial charge in [0, 0.05) is 25.2 Å². The van der Waals surface area contributed by atoms with Crippen LogP contribution in [0.3, 0.4) is 0 Å². The lowest BCUT2D eigenvalue weighted by Gasteiger charge is -2.20. The van der Waals surface area contributed by atoms with Crippen LogP contribution in [0.1, 0.15) is 25.8 Å². The van der Waals surface area contributed by atoms with Crippen molar-refractivity contribution < 1.29 is 4.92 Å². The van der Waals surface area contributed by atoms with Crippen LogP contribution >= 0.6 is 11.6 Å². The first-order chi connectivity index (χ1) is 9.97. The van der Waals surface area contributed by atoms with E-state index in [1.54, 1.807) is 12.1 Å². The van der Waals surface area contributed by atoms with Gasteiger partial charge >= 0.3 is 0 Å². The van der Waals surface area contributed by atoms with Crippen molar-refractivity contribution >= 4 is 17.3 Å². The molecule has 2 rings (SSSR count). The minimum Gasteiger partial charge on any atom is -0.312 e. The van der Waals surface area contributed by atoms with Crippen LogP contribution in [0.2, 0.25) is 5.02 Å². The summed E-state index contributed by atoms with van der Waals surface area (Å²) in [6, 6.07) is 5.57. The maximum absolute atomic E-state index is 10.9. The van der Waals surface area contributed by atoms with E-state index in [2.05, 4.69) is 24.1 Å². The van der Waals surface area contributed by atoms with Gasteiger partial charge in [0.05, 0.1) is 4.92 Å². The molecule has 1 unspecified atom stereocenters. The van der Waals surface area contributed by atoms with Gasteiger partial charge in [0.1, 0.15) is 5.02 Å². The van der Waals surface area contributed by atoms with Crippen LogP contribution in [0.4, 0.5) is 5.69 Å². The second kappa shape index (κ2) is 7.20. The summed E-state index contributed by atoms with van der Waals surface area (Å²) >= 11 is 5.81. The quantitative estimate of drug-likeness (QED) is 0.648. The average molecular weight is 312 g/mol. The van der Waals surface area contributed by atoms with Gasteiger partial charge < -0.3 is 10.2 Å². The molecule has 1 aromatic rings. The molecule has 1 atom stereocenters. The molecule has 1 aromatic carbocycles. The van der Waals surface area contributed by atoms with Crippen molar-refractivity contribution in [1.29, 1.82) is 0 Å². The second-order valence-electron chi connectivity index (χ2n) is 5.92. The number of nitrogens with zero attached hydrogens (tertiary/aromatic N) is 2. The van der Waals surface area contributed by atoms with E-state index < -0.39 is 4.92 Å². The molecule has 5 nitrogen and oxygen atoms in total. The first kappa shape index (κ1) is 16.2. The fourth-order valence-electron chi connectivity index (χ4n) is 2.73. The van der Waals surface area contributed by atoms with Crippen molar-refractivity contribution in [1.82, 2.24) is 10.2 Å². The first-order valence-corrected chi connectivity index (χ1v) is 7.72. The van der Waals surface area contributed by atoms with E-state index in [9.17, 15) is 10.1 Å². The fraction of sp³-hybridized carbons (Fsp3) is 0.600. The molecule has 1 N–H and O–H groups in total. The average Bonchev–Trinajstić information content (AvgIpc) is 2.89. The largest absolute Gasteiger partial charge is 0.312 e. The Balaban J connectivity index is 1.82. The van der Waals surface area contributed by atoms with Gasteiger partial charge in [0.25, 0.3) is 5.69 Å². The molecule has 1 aliphatic heterocycles. The lowest BCUT2D eigenvalue weighted by molar-refractivity contribution is -0.384. The summed E-state index contributed by atoms with van der Waals surface area (Å²) in [6.07, 6.45) is 1.21. The Morgan fingerprint density at radius 3 is 2.90 bits per heavy atom. The van der Waals surface area contributed by atoms with E-state index in [1.165, 1.54) is 6.42 Å². The molecular formula is C15H22ClN3O2.